The Morgan fingerprint density at radius 3 is 1.88 bits per heavy atom. The van der Waals surface area contributed by atoms with Crippen molar-refractivity contribution in [2.24, 2.45) is 0 Å². The average Bonchev–Trinajstić information content (AvgIpc) is 2.43. The van der Waals surface area contributed by atoms with Crippen LogP contribution in [0.2, 0.25) is 0 Å². The topological polar surface area (TPSA) is 18.5 Å². The summed E-state index contributed by atoms with van der Waals surface area (Å²) < 4.78 is 21.4. The quantitative estimate of drug-likeness (QED) is 0.502. The first-order valence-electron chi connectivity index (χ1n) is 2.37. The minimum atomic E-state index is -0.958. The second-order valence-corrected chi connectivity index (χ2v) is 1.74. The van der Waals surface area contributed by atoms with Crippen LogP contribution in [0.3, 0.4) is 0 Å². The van der Waals surface area contributed by atoms with Gasteiger partial charge in [0.25, 0.3) is 0 Å². The van der Waals surface area contributed by atoms with Crippen LogP contribution < -0.4 is 0 Å². The standard InChI is InChI=1S/C5H8FO2/c1-7-5(8-2)3-4(5)6/h3H2,1-2H3. The van der Waals surface area contributed by atoms with Crippen LogP contribution >= 0.6 is 0 Å². The Balaban J connectivity index is 2.39. The first-order valence-corrected chi connectivity index (χ1v) is 2.37. The molecule has 3 heteroatoms. The summed E-state index contributed by atoms with van der Waals surface area (Å²) in [4.78, 5) is 0. The first-order chi connectivity index (χ1) is 3.75. The van der Waals surface area contributed by atoms with Crippen molar-refractivity contribution in [3.63, 3.8) is 0 Å². The molecule has 0 spiro atoms. The monoisotopic (exact) mass is 119 g/mol. The molecule has 0 atom stereocenters. The fourth-order valence-electron chi connectivity index (χ4n) is 0.609. The molecule has 1 aliphatic rings. The van der Waals surface area contributed by atoms with Gasteiger partial charge in [0.1, 0.15) is 0 Å². The van der Waals surface area contributed by atoms with Gasteiger partial charge in [0.2, 0.25) is 12.0 Å². The number of ether oxygens (including phenoxy) is 2. The molecule has 0 saturated heterocycles. The number of rotatable bonds is 2. The molecule has 0 aromatic heterocycles. The van der Waals surface area contributed by atoms with Gasteiger partial charge in [-0.25, -0.2) is 4.39 Å². The zero-order chi connectivity index (χ0) is 6.20. The summed E-state index contributed by atoms with van der Waals surface area (Å²) in [6, 6.07) is 0. The Labute approximate surface area is 47.6 Å². The lowest BCUT2D eigenvalue weighted by molar-refractivity contribution is -0.129. The van der Waals surface area contributed by atoms with Crippen molar-refractivity contribution in [3.8, 4) is 0 Å². The number of methoxy groups -OCH3 is 2. The molecule has 0 heterocycles. The molecule has 0 amide bonds. The maximum absolute atomic E-state index is 12.1. The first kappa shape index (κ1) is 5.98. The van der Waals surface area contributed by atoms with Crippen LogP contribution in [0.5, 0.6) is 0 Å². The highest BCUT2D eigenvalue weighted by Crippen LogP contribution is 2.49. The third-order valence-corrected chi connectivity index (χ3v) is 1.34. The van der Waals surface area contributed by atoms with Crippen LogP contribution in [0, 0.1) is 6.17 Å². The van der Waals surface area contributed by atoms with E-state index in [4.69, 9.17) is 0 Å². The van der Waals surface area contributed by atoms with E-state index in [2.05, 4.69) is 9.47 Å². The minimum Gasteiger partial charge on any atom is -0.350 e. The van der Waals surface area contributed by atoms with Gasteiger partial charge in [-0.05, 0) is 0 Å². The van der Waals surface area contributed by atoms with Crippen LogP contribution in [0.4, 0.5) is 4.39 Å². The van der Waals surface area contributed by atoms with Gasteiger partial charge >= 0.3 is 0 Å². The van der Waals surface area contributed by atoms with E-state index < -0.39 is 5.79 Å². The Kier molecular flexibility index (Phi) is 1.25. The Bertz CT molecular complexity index is 84.9. The highest BCUT2D eigenvalue weighted by atomic mass is 19.1. The Morgan fingerprint density at radius 1 is 1.50 bits per heavy atom. The molecule has 1 saturated carbocycles. The lowest BCUT2D eigenvalue weighted by Crippen LogP contribution is -2.15. The molecule has 1 fully saturated rings. The predicted octanol–water partition coefficient (Wildman–Crippen LogP) is 0.881. The summed E-state index contributed by atoms with van der Waals surface area (Å²) in [7, 11) is 2.85. The lowest BCUT2D eigenvalue weighted by Gasteiger charge is -2.08. The molecule has 0 N–H and O–H groups in total. The van der Waals surface area contributed by atoms with E-state index in [1.165, 1.54) is 14.2 Å². The van der Waals surface area contributed by atoms with Gasteiger partial charge in [0, 0.05) is 20.6 Å². The van der Waals surface area contributed by atoms with E-state index in [-0.39, 0.29) is 6.17 Å². The molecular weight excluding hydrogens is 111 g/mol. The third kappa shape index (κ3) is 0.624. The highest BCUT2D eigenvalue weighted by molar-refractivity contribution is 5.15. The zero-order valence-corrected chi connectivity index (χ0v) is 4.90. The van der Waals surface area contributed by atoms with Crippen LogP contribution in [-0.4, -0.2) is 20.0 Å². The predicted molar refractivity (Wildman–Crippen MR) is 25.7 cm³/mol. The molecule has 1 radical (unpaired) electrons. The summed E-state index contributed by atoms with van der Waals surface area (Å²) in [6.45, 7) is 0. The summed E-state index contributed by atoms with van der Waals surface area (Å²) in [6.07, 6.45) is 0.0718. The van der Waals surface area contributed by atoms with E-state index in [0.717, 1.165) is 0 Å². The smallest absolute Gasteiger partial charge is 0.209 e. The zero-order valence-electron chi connectivity index (χ0n) is 4.90. The molecule has 0 aromatic carbocycles. The van der Waals surface area contributed by atoms with Crippen LogP contribution in [0.25, 0.3) is 0 Å². The molecule has 1 aliphatic carbocycles. The van der Waals surface area contributed by atoms with Crippen LogP contribution in [-0.2, 0) is 9.47 Å². The van der Waals surface area contributed by atoms with Gasteiger partial charge in [-0.1, -0.05) is 0 Å². The van der Waals surface area contributed by atoms with Crippen LogP contribution in [0.1, 0.15) is 6.42 Å². The summed E-state index contributed by atoms with van der Waals surface area (Å²) >= 11 is 0. The summed E-state index contributed by atoms with van der Waals surface area (Å²) in [5, 5.41) is 0. The van der Waals surface area contributed by atoms with E-state index in [9.17, 15) is 4.39 Å². The molecule has 0 aliphatic heterocycles. The van der Waals surface area contributed by atoms with Gasteiger partial charge in [-0.2, -0.15) is 0 Å². The van der Waals surface area contributed by atoms with Gasteiger partial charge in [0.15, 0.2) is 0 Å². The molecule has 0 bridgehead atoms. The second-order valence-electron chi connectivity index (χ2n) is 1.74. The van der Waals surface area contributed by atoms with Crippen molar-refractivity contribution < 1.29 is 13.9 Å². The number of hydrogen-bond donors (Lipinski definition) is 0. The Morgan fingerprint density at radius 2 is 1.88 bits per heavy atom. The van der Waals surface area contributed by atoms with E-state index in [1.54, 1.807) is 0 Å². The largest absolute Gasteiger partial charge is 0.350 e. The molecule has 1 rings (SSSR count). The van der Waals surface area contributed by atoms with Gasteiger partial charge in [0.05, 0.1) is 0 Å². The number of halogens is 1. The Hall–Kier alpha value is -0.150. The van der Waals surface area contributed by atoms with Crippen molar-refractivity contribution in [2.45, 2.75) is 12.2 Å². The summed E-state index contributed by atoms with van der Waals surface area (Å²) in [5.41, 5.74) is 0. The van der Waals surface area contributed by atoms with Crippen molar-refractivity contribution in [2.75, 3.05) is 14.2 Å². The van der Waals surface area contributed by atoms with E-state index in [1.807, 2.05) is 0 Å². The fraction of sp³-hybridized carbons (Fsp3) is 0.800. The van der Waals surface area contributed by atoms with Crippen molar-refractivity contribution >= 4 is 0 Å². The number of hydrogen-bond acceptors (Lipinski definition) is 2. The second kappa shape index (κ2) is 1.67. The van der Waals surface area contributed by atoms with Crippen molar-refractivity contribution in [1.82, 2.24) is 0 Å². The van der Waals surface area contributed by atoms with Gasteiger partial charge < -0.3 is 9.47 Å². The lowest BCUT2D eigenvalue weighted by atomic mass is 10.7. The average molecular weight is 119 g/mol. The van der Waals surface area contributed by atoms with E-state index >= 15 is 0 Å². The maximum Gasteiger partial charge on any atom is 0.209 e. The van der Waals surface area contributed by atoms with Crippen LogP contribution in [0.15, 0.2) is 0 Å². The molecule has 47 valence electrons. The minimum absolute atomic E-state index is 0.220. The molecule has 0 aromatic rings. The normalized spacial score (nSPS) is 25.9. The fourth-order valence-corrected chi connectivity index (χ4v) is 0.609. The molecule has 8 heavy (non-hydrogen) atoms. The summed E-state index contributed by atoms with van der Waals surface area (Å²) in [5.74, 6) is -0.958. The third-order valence-electron chi connectivity index (χ3n) is 1.34. The van der Waals surface area contributed by atoms with Crippen molar-refractivity contribution in [3.05, 3.63) is 6.17 Å². The molecule has 0 unspecified atom stereocenters. The van der Waals surface area contributed by atoms with E-state index in [0.29, 0.717) is 6.42 Å². The highest BCUT2D eigenvalue weighted by Gasteiger charge is 2.59. The molecule has 2 nitrogen and oxygen atoms in total. The van der Waals surface area contributed by atoms with Gasteiger partial charge in [-0.3, -0.25) is 0 Å². The maximum atomic E-state index is 12.1. The van der Waals surface area contributed by atoms with Gasteiger partial charge in [-0.15, -0.1) is 0 Å². The molecular formula is C5H8FO2. The SMILES string of the molecule is COC1(OC)C[C]1F. The van der Waals surface area contributed by atoms with Crippen molar-refractivity contribution in [1.29, 1.82) is 0 Å².